The topological polar surface area (TPSA) is 38.3 Å². The Balaban J connectivity index is 1.64. The molecule has 1 amide bonds. The van der Waals surface area contributed by atoms with Gasteiger partial charge in [0.05, 0.1) is 12.0 Å². The molecule has 3 nitrogen and oxygen atoms in total. The number of carbonyl (C=O) groups excluding carboxylic acids is 1. The Hall–Kier alpha value is -2.33. The van der Waals surface area contributed by atoms with Gasteiger partial charge in [0.15, 0.2) is 0 Å². The zero-order valence-electron chi connectivity index (χ0n) is 13.2. The summed E-state index contributed by atoms with van der Waals surface area (Å²) in [5.74, 6) is 0.836. The molecule has 118 valence electrons. The highest BCUT2D eigenvalue weighted by atomic mass is 32.1. The van der Waals surface area contributed by atoms with E-state index in [2.05, 4.69) is 5.32 Å². The quantitative estimate of drug-likeness (QED) is 0.761. The van der Waals surface area contributed by atoms with Gasteiger partial charge in [0.1, 0.15) is 5.75 Å². The van der Waals surface area contributed by atoms with Crippen LogP contribution in [0.15, 0.2) is 54.6 Å². The maximum absolute atomic E-state index is 12.4. The number of methoxy groups -OCH3 is 1. The Bertz CT molecular complexity index is 775. The lowest BCUT2D eigenvalue weighted by Gasteiger charge is -2.13. The first-order valence-corrected chi connectivity index (χ1v) is 8.40. The lowest BCUT2D eigenvalue weighted by atomic mass is 10.1. The summed E-state index contributed by atoms with van der Waals surface area (Å²) in [6.07, 6.45) is 0.792. The van der Waals surface area contributed by atoms with E-state index in [9.17, 15) is 4.79 Å². The summed E-state index contributed by atoms with van der Waals surface area (Å²) >= 11 is 1.53. The second-order valence-electron chi connectivity index (χ2n) is 5.58. The van der Waals surface area contributed by atoms with E-state index in [1.165, 1.54) is 16.9 Å². The minimum Gasteiger partial charge on any atom is -0.497 e. The van der Waals surface area contributed by atoms with Gasteiger partial charge in [-0.05, 0) is 48.6 Å². The monoisotopic (exact) mass is 325 g/mol. The van der Waals surface area contributed by atoms with Gasteiger partial charge in [0.2, 0.25) is 0 Å². The van der Waals surface area contributed by atoms with Gasteiger partial charge >= 0.3 is 0 Å². The van der Waals surface area contributed by atoms with E-state index in [0.29, 0.717) is 0 Å². The van der Waals surface area contributed by atoms with Crippen molar-refractivity contribution < 1.29 is 9.53 Å². The number of benzene rings is 2. The Morgan fingerprint density at radius 3 is 2.61 bits per heavy atom. The summed E-state index contributed by atoms with van der Waals surface area (Å²) in [4.78, 5) is 13.2. The second-order valence-corrected chi connectivity index (χ2v) is 6.66. The third kappa shape index (κ3) is 3.71. The molecule has 0 aliphatic rings. The van der Waals surface area contributed by atoms with Gasteiger partial charge in [0.25, 0.3) is 5.91 Å². The molecule has 0 saturated carbocycles. The summed E-state index contributed by atoms with van der Waals surface area (Å²) in [6, 6.07) is 18.0. The number of hydrogen-bond acceptors (Lipinski definition) is 3. The SMILES string of the molecule is COc1ccc(C[C@H](C)NC(=O)c2cc3ccccc3s2)cc1. The largest absolute Gasteiger partial charge is 0.497 e. The first-order chi connectivity index (χ1) is 11.2. The van der Waals surface area contributed by atoms with Gasteiger partial charge in [-0.25, -0.2) is 0 Å². The number of rotatable bonds is 5. The molecule has 3 aromatic rings. The van der Waals surface area contributed by atoms with Crippen molar-refractivity contribution in [3.8, 4) is 5.75 Å². The molecule has 0 unspecified atom stereocenters. The second kappa shape index (κ2) is 6.84. The first kappa shape index (κ1) is 15.6. The van der Waals surface area contributed by atoms with Crippen LogP contribution in [0, 0.1) is 0 Å². The van der Waals surface area contributed by atoms with E-state index < -0.39 is 0 Å². The maximum atomic E-state index is 12.4. The van der Waals surface area contributed by atoms with Crippen molar-refractivity contribution in [2.75, 3.05) is 7.11 Å². The van der Waals surface area contributed by atoms with Gasteiger partial charge in [0, 0.05) is 10.7 Å². The van der Waals surface area contributed by atoms with Crippen LogP contribution in [-0.2, 0) is 6.42 Å². The van der Waals surface area contributed by atoms with E-state index in [1.54, 1.807) is 7.11 Å². The molecule has 3 rings (SSSR count). The van der Waals surface area contributed by atoms with Crippen molar-refractivity contribution in [1.29, 1.82) is 0 Å². The molecule has 1 heterocycles. The standard InChI is InChI=1S/C19H19NO2S/c1-13(11-14-7-9-16(22-2)10-8-14)20-19(21)18-12-15-5-3-4-6-17(15)23-18/h3-10,12-13H,11H2,1-2H3,(H,20,21)/t13-/m0/s1. The van der Waals surface area contributed by atoms with Crippen LogP contribution in [0.5, 0.6) is 5.75 Å². The number of amides is 1. The van der Waals surface area contributed by atoms with E-state index >= 15 is 0 Å². The van der Waals surface area contributed by atoms with E-state index in [-0.39, 0.29) is 11.9 Å². The number of hydrogen-bond donors (Lipinski definition) is 1. The molecular weight excluding hydrogens is 306 g/mol. The fourth-order valence-corrected chi connectivity index (χ4v) is 3.52. The summed E-state index contributed by atoms with van der Waals surface area (Å²) in [6.45, 7) is 2.02. The van der Waals surface area contributed by atoms with Gasteiger partial charge < -0.3 is 10.1 Å². The highest BCUT2D eigenvalue weighted by Crippen LogP contribution is 2.25. The third-order valence-corrected chi connectivity index (χ3v) is 4.84. The average Bonchev–Trinajstić information content (AvgIpc) is 2.99. The summed E-state index contributed by atoms with van der Waals surface area (Å²) < 4.78 is 6.30. The van der Waals surface area contributed by atoms with Gasteiger partial charge in [-0.3, -0.25) is 4.79 Å². The van der Waals surface area contributed by atoms with Crippen molar-refractivity contribution >= 4 is 27.3 Å². The predicted molar refractivity (Wildman–Crippen MR) is 95.5 cm³/mol. The Morgan fingerprint density at radius 2 is 1.91 bits per heavy atom. The van der Waals surface area contributed by atoms with Gasteiger partial charge in [-0.15, -0.1) is 11.3 Å². The Labute approximate surface area is 139 Å². The Morgan fingerprint density at radius 1 is 1.17 bits per heavy atom. The van der Waals surface area contributed by atoms with E-state index in [1.807, 2.05) is 61.5 Å². The summed E-state index contributed by atoms with van der Waals surface area (Å²) in [5.41, 5.74) is 1.18. The molecule has 0 aliphatic carbocycles. The van der Waals surface area contributed by atoms with Crippen LogP contribution in [0.3, 0.4) is 0 Å². The van der Waals surface area contributed by atoms with Crippen LogP contribution in [0.2, 0.25) is 0 Å². The van der Waals surface area contributed by atoms with Crippen LogP contribution >= 0.6 is 11.3 Å². The highest BCUT2D eigenvalue weighted by molar-refractivity contribution is 7.20. The number of fused-ring (bicyclic) bond motifs is 1. The summed E-state index contributed by atoms with van der Waals surface area (Å²) in [7, 11) is 1.66. The lowest BCUT2D eigenvalue weighted by Crippen LogP contribution is -2.33. The van der Waals surface area contributed by atoms with E-state index in [0.717, 1.165) is 27.1 Å². The molecule has 0 fully saturated rings. The molecular formula is C19H19NO2S. The molecule has 4 heteroatoms. The molecule has 1 atom stereocenters. The van der Waals surface area contributed by atoms with Crippen molar-refractivity contribution in [1.82, 2.24) is 5.32 Å². The van der Waals surface area contributed by atoms with Crippen molar-refractivity contribution in [2.24, 2.45) is 0 Å². The van der Waals surface area contributed by atoms with Gasteiger partial charge in [-0.2, -0.15) is 0 Å². The van der Waals surface area contributed by atoms with Crippen molar-refractivity contribution in [3.63, 3.8) is 0 Å². The molecule has 1 N–H and O–H groups in total. The predicted octanol–water partition coefficient (Wildman–Crippen LogP) is 4.27. The van der Waals surface area contributed by atoms with Crippen molar-refractivity contribution in [3.05, 3.63) is 65.0 Å². The Kier molecular flexibility index (Phi) is 4.63. The van der Waals surface area contributed by atoms with Crippen LogP contribution < -0.4 is 10.1 Å². The number of carbonyl (C=O) groups is 1. The van der Waals surface area contributed by atoms with Crippen molar-refractivity contribution in [2.45, 2.75) is 19.4 Å². The molecule has 0 saturated heterocycles. The molecule has 0 radical (unpaired) electrons. The fraction of sp³-hybridized carbons (Fsp3) is 0.211. The molecule has 0 aliphatic heterocycles. The zero-order valence-corrected chi connectivity index (χ0v) is 14.0. The minimum atomic E-state index is -0.00721. The maximum Gasteiger partial charge on any atom is 0.261 e. The number of ether oxygens (including phenoxy) is 1. The van der Waals surface area contributed by atoms with Crippen LogP contribution in [0.25, 0.3) is 10.1 Å². The molecule has 0 bridgehead atoms. The molecule has 2 aromatic carbocycles. The van der Waals surface area contributed by atoms with Gasteiger partial charge in [-0.1, -0.05) is 30.3 Å². The lowest BCUT2D eigenvalue weighted by molar-refractivity contribution is 0.0944. The highest BCUT2D eigenvalue weighted by Gasteiger charge is 2.13. The average molecular weight is 325 g/mol. The van der Waals surface area contributed by atoms with Crippen LogP contribution in [0.1, 0.15) is 22.2 Å². The van der Waals surface area contributed by atoms with Crippen LogP contribution in [0.4, 0.5) is 0 Å². The smallest absolute Gasteiger partial charge is 0.261 e. The normalized spacial score (nSPS) is 12.1. The first-order valence-electron chi connectivity index (χ1n) is 7.58. The zero-order chi connectivity index (χ0) is 16.2. The molecule has 0 spiro atoms. The molecule has 23 heavy (non-hydrogen) atoms. The minimum absolute atomic E-state index is 0.00721. The third-order valence-electron chi connectivity index (χ3n) is 3.73. The van der Waals surface area contributed by atoms with E-state index in [4.69, 9.17) is 4.74 Å². The summed E-state index contributed by atoms with van der Waals surface area (Å²) in [5, 5.41) is 4.19. The van der Waals surface area contributed by atoms with Crippen LogP contribution in [-0.4, -0.2) is 19.1 Å². The number of thiophene rings is 1. The molecule has 1 aromatic heterocycles. The fourth-order valence-electron chi connectivity index (χ4n) is 2.55. The number of nitrogens with one attached hydrogen (secondary N) is 1.